The normalized spacial score (nSPS) is 23.2. The van der Waals surface area contributed by atoms with Gasteiger partial charge in [0.2, 0.25) is 0 Å². The first-order chi connectivity index (χ1) is 7.24. The Labute approximate surface area is 90.5 Å². The number of nitrogens with one attached hydrogen (secondary N) is 1. The highest BCUT2D eigenvalue weighted by Crippen LogP contribution is 2.08. The largest absolute Gasteiger partial charge is 0.307 e. The summed E-state index contributed by atoms with van der Waals surface area (Å²) >= 11 is 0. The number of likely N-dealkylation sites (tertiary alicyclic amines) is 1. The molecule has 0 spiro atoms. The molecule has 84 valence electrons. The molecule has 1 unspecified atom stereocenters. The lowest BCUT2D eigenvalue weighted by Crippen LogP contribution is -2.43. The van der Waals surface area contributed by atoms with Crippen LogP contribution in [-0.2, 0) is 13.6 Å². The van der Waals surface area contributed by atoms with Crippen molar-refractivity contribution in [2.45, 2.75) is 25.4 Å². The summed E-state index contributed by atoms with van der Waals surface area (Å²) in [5, 5.41) is 11.5. The van der Waals surface area contributed by atoms with Gasteiger partial charge in [-0.2, -0.15) is 0 Å². The molecule has 0 saturated carbocycles. The van der Waals surface area contributed by atoms with Gasteiger partial charge in [-0.1, -0.05) is 5.21 Å². The summed E-state index contributed by atoms with van der Waals surface area (Å²) in [6, 6.07) is 0.603. The van der Waals surface area contributed by atoms with Crippen molar-refractivity contribution >= 4 is 0 Å². The lowest BCUT2D eigenvalue weighted by Gasteiger charge is -2.30. The maximum absolute atomic E-state index is 4.06. The number of piperidine rings is 1. The molecular formula is C10H19N5. The summed E-state index contributed by atoms with van der Waals surface area (Å²) in [5.41, 5.74) is 1.02. The fourth-order valence-corrected chi connectivity index (χ4v) is 2.06. The first-order valence-corrected chi connectivity index (χ1v) is 5.51. The Morgan fingerprint density at radius 1 is 1.53 bits per heavy atom. The van der Waals surface area contributed by atoms with Crippen LogP contribution < -0.4 is 5.32 Å². The van der Waals surface area contributed by atoms with Gasteiger partial charge in [0.15, 0.2) is 0 Å². The average molecular weight is 209 g/mol. The second-order valence-electron chi connectivity index (χ2n) is 4.37. The molecule has 1 N–H and O–H groups in total. The van der Waals surface area contributed by atoms with Crippen molar-refractivity contribution in [2.75, 3.05) is 20.1 Å². The van der Waals surface area contributed by atoms with E-state index >= 15 is 0 Å². The highest BCUT2D eigenvalue weighted by molar-refractivity contribution is 4.92. The number of likely N-dealkylation sites (N-methyl/N-ethyl adjacent to an activating group) is 1. The quantitative estimate of drug-likeness (QED) is 0.761. The van der Waals surface area contributed by atoms with Crippen LogP contribution in [0.2, 0.25) is 0 Å². The summed E-state index contributed by atoms with van der Waals surface area (Å²) in [7, 11) is 4.07. The van der Waals surface area contributed by atoms with Crippen molar-refractivity contribution in [1.29, 1.82) is 0 Å². The van der Waals surface area contributed by atoms with Crippen LogP contribution in [0.25, 0.3) is 0 Å². The minimum Gasteiger partial charge on any atom is -0.307 e. The molecule has 1 aliphatic heterocycles. The molecule has 0 aliphatic carbocycles. The minimum atomic E-state index is 0.603. The van der Waals surface area contributed by atoms with Crippen LogP contribution in [0.4, 0.5) is 0 Å². The number of aryl methyl sites for hydroxylation is 1. The molecule has 1 fully saturated rings. The van der Waals surface area contributed by atoms with E-state index in [4.69, 9.17) is 0 Å². The molecule has 2 heterocycles. The number of hydrogen-bond donors (Lipinski definition) is 1. The monoisotopic (exact) mass is 209 g/mol. The Morgan fingerprint density at radius 3 is 3.07 bits per heavy atom. The summed E-state index contributed by atoms with van der Waals surface area (Å²) in [5.74, 6) is 0. The third-order valence-corrected chi connectivity index (χ3v) is 2.85. The lowest BCUT2D eigenvalue weighted by molar-refractivity contribution is 0.226. The van der Waals surface area contributed by atoms with Crippen LogP contribution >= 0.6 is 0 Å². The molecular weight excluding hydrogens is 190 g/mol. The summed E-state index contributed by atoms with van der Waals surface area (Å²) in [6.07, 6.45) is 4.51. The minimum absolute atomic E-state index is 0.603. The van der Waals surface area contributed by atoms with Crippen molar-refractivity contribution in [1.82, 2.24) is 25.2 Å². The van der Waals surface area contributed by atoms with Crippen LogP contribution in [-0.4, -0.2) is 46.1 Å². The van der Waals surface area contributed by atoms with Gasteiger partial charge >= 0.3 is 0 Å². The van der Waals surface area contributed by atoms with E-state index in [0.717, 1.165) is 18.8 Å². The second-order valence-corrected chi connectivity index (χ2v) is 4.37. The number of rotatable bonds is 3. The molecule has 0 aromatic carbocycles. The Kier molecular flexibility index (Phi) is 3.33. The zero-order chi connectivity index (χ0) is 10.7. The van der Waals surface area contributed by atoms with Gasteiger partial charge in [-0.05, 0) is 26.4 Å². The van der Waals surface area contributed by atoms with E-state index in [0.29, 0.717) is 6.04 Å². The lowest BCUT2D eigenvalue weighted by atomic mass is 10.1. The number of hydrogen-bond acceptors (Lipinski definition) is 4. The zero-order valence-electron chi connectivity index (χ0n) is 9.48. The molecule has 0 bridgehead atoms. The summed E-state index contributed by atoms with van der Waals surface area (Å²) < 4.78 is 1.74. The third kappa shape index (κ3) is 3.00. The van der Waals surface area contributed by atoms with Crippen LogP contribution in [0.5, 0.6) is 0 Å². The van der Waals surface area contributed by atoms with Gasteiger partial charge < -0.3 is 10.2 Å². The van der Waals surface area contributed by atoms with Crippen LogP contribution in [0, 0.1) is 0 Å². The molecule has 15 heavy (non-hydrogen) atoms. The SMILES string of the molecule is CN1CCCC(NCc2cn(C)nn2)C1. The number of nitrogens with zero attached hydrogens (tertiary/aromatic N) is 4. The molecule has 1 atom stereocenters. The maximum atomic E-state index is 4.06. The molecule has 1 aliphatic rings. The molecule has 0 radical (unpaired) electrons. The van der Waals surface area contributed by atoms with Crippen molar-refractivity contribution in [3.05, 3.63) is 11.9 Å². The predicted octanol–water partition coefficient (Wildman–Crippen LogP) is -0.00110. The van der Waals surface area contributed by atoms with Crippen LogP contribution in [0.15, 0.2) is 6.20 Å². The van der Waals surface area contributed by atoms with E-state index in [1.54, 1.807) is 4.68 Å². The van der Waals surface area contributed by atoms with E-state index in [1.807, 2.05) is 13.2 Å². The van der Waals surface area contributed by atoms with E-state index in [9.17, 15) is 0 Å². The van der Waals surface area contributed by atoms with Gasteiger partial charge in [-0.15, -0.1) is 5.10 Å². The van der Waals surface area contributed by atoms with E-state index in [1.165, 1.54) is 19.4 Å². The standard InChI is InChI=1S/C10H19N5/c1-14-5-3-4-9(7-14)11-6-10-8-15(2)13-12-10/h8-9,11H,3-7H2,1-2H3. The first kappa shape index (κ1) is 10.6. The predicted molar refractivity (Wildman–Crippen MR) is 58.4 cm³/mol. The zero-order valence-corrected chi connectivity index (χ0v) is 9.48. The van der Waals surface area contributed by atoms with Gasteiger partial charge in [0, 0.05) is 32.4 Å². The highest BCUT2D eigenvalue weighted by atomic mass is 15.4. The summed E-state index contributed by atoms with van der Waals surface area (Å²) in [4.78, 5) is 2.37. The van der Waals surface area contributed by atoms with Gasteiger partial charge in [0.25, 0.3) is 0 Å². The van der Waals surface area contributed by atoms with Crippen molar-refractivity contribution < 1.29 is 0 Å². The summed E-state index contributed by atoms with van der Waals surface area (Å²) in [6.45, 7) is 3.19. The Hall–Kier alpha value is -0.940. The average Bonchev–Trinajstić information content (AvgIpc) is 2.62. The van der Waals surface area contributed by atoms with Crippen molar-refractivity contribution in [3.8, 4) is 0 Å². The Bertz CT molecular complexity index is 309. The molecule has 5 nitrogen and oxygen atoms in total. The fourth-order valence-electron chi connectivity index (χ4n) is 2.06. The van der Waals surface area contributed by atoms with Crippen LogP contribution in [0.1, 0.15) is 18.5 Å². The molecule has 0 amide bonds. The van der Waals surface area contributed by atoms with E-state index in [2.05, 4.69) is 27.6 Å². The maximum Gasteiger partial charge on any atom is 0.0964 e. The molecule has 2 rings (SSSR count). The van der Waals surface area contributed by atoms with Gasteiger partial charge in [0.1, 0.15) is 0 Å². The van der Waals surface area contributed by atoms with Crippen molar-refractivity contribution in [3.63, 3.8) is 0 Å². The molecule has 5 heteroatoms. The van der Waals surface area contributed by atoms with Gasteiger partial charge in [-0.25, -0.2) is 0 Å². The smallest absolute Gasteiger partial charge is 0.0964 e. The van der Waals surface area contributed by atoms with Gasteiger partial charge in [0.05, 0.1) is 5.69 Å². The Morgan fingerprint density at radius 2 is 2.40 bits per heavy atom. The second kappa shape index (κ2) is 4.72. The van der Waals surface area contributed by atoms with Crippen LogP contribution in [0.3, 0.4) is 0 Å². The van der Waals surface area contributed by atoms with E-state index < -0.39 is 0 Å². The topological polar surface area (TPSA) is 46.0 Å². The Balaban J connectivity index is 1.77. The fraction of sp³-hybridized carbons (Fsp3) is 0.800. The third-order valence-electron chi connectivity index (χ3n) is 2.85. The molecule has 1 aromatic heterocycles. The molecule has 1 aromatic rings. The van der Waals surface area contributed by atoms with E-state index in [-0.39, 0.29) is 0 Å². The highest BCUT2D eigenvalue weighted by Gasteiger charge is 2.16. The van der Waals surface area contributed by atoms with Gasteiger partial charge in [-0.3, -0.25) is 4.68 Å². The first-order valence-electron chi connectivity index (χ1n) is 5.51. The van der Waals surface area contributed by atoms with Crippen molar-refractivity contribution in [2.24, 2.45) is 7.05 Å². The molecule has 1 saturated heterocycles. The number of aromatic nitrogens is 3.